The van der Waals surface area contributed by atoms with Crippen LogP contribution >= 0.6 is 0 Å². The SMILES string of the molecule is O=C(c1ccc[nH+]c1N1CCCC1)N1CCCCC1. The fourth-order valence-electron chi connectivity index (χ4n) is 3.07. The Morgan fingerprint density at radius 2 is 1.68 bits per heavy atom. The number of anilines is 1. The van der Waals surface area contributed by atoms with E-state index in [-0.39, 0.29) is 5.91 Å². The zero-order chi connectivity index (χ0) is 13.1. The lowest BCUT2D eigenvalue weighted by atomic mass is 10.1. The molecule has 1 amide bonds. The third-order valence-corrected chi connectivity index (χ3v) is 4.13. The van der Waals surface area contributed by atoms with Gasteiger partial charge in [0.15, 0.2) is 0 Å². The molecule has 1 N–H and O–H groups in total. The smallest absolute Gasteiger partial charge is 0.287 e. The molecule has 2 aliphatic heterocycles. The summed E-state index contributed by atoms with van der Waals surface area (Å²) in [6.07, 6.45) is 7.90. The summed E-state index contributed by atoms with van der Waals surface area (Å²) in [5.41, 5.74) is 0.839. The highest BCUT2D eigenvalue weighted by Crippen LogP contribution is 2.22. The topological polar surface area (TPSA) is 37.7 Å². The number of nitrogens with one attached hydrogen (secondary N) is 1. The minimum atomic E-state index is 0.193. The van der Waals surface area contributed by atoms with Crippen LogP contribution in [0.2, 0.25) is 0 Å². The lowest BCUT2D eigenvalue weighted by Gasteiger charge is -2.27. The predicted molar refractivity (Wildman–Crippen MR) is 74.2 cm³/mol. The third kappa shape index (κ3) is 2.57. The number of aromatic amines is 1. The van der Waals surface area contributed by atoms with Gasteiger partial charge in [0.1, 0.15) is 5.56 Å². The van der Waals surface area contributed by atoms with Gasteiger partial charge in [-0.05, 0) is 44.2 Å². The molecule has 0 radical (unpaired) electrons. The molecule has 102 valence electrons. The van der Waals surface area contributed by atoms with Crippen molar-refractivity contribution in [3.05, 3.63) is 23.9 Å². The number of piperidine rings is 1. The normalized spacial score (nSPS) is 19.8. The van der Waals surface area contributed by atoms with Gasteiger partial charge in [0.2, 0.25) is 0 Å². The lowest BCUT2D eigenvalue weighted by Crippen LogP contribution is -2.38. The van der Waals surface area contributed by atoms with Gasteiger partial charge in [0, 0.05) is 13.1 Å². The van der Waals surface area contributed by atoms with Crippen molar-refractivity contribution >= 4 is 11.7 Å². The zero-order valence-electron chi connectivity index (χ0n) is 11.4. The quantitative estimate of drug-likeness (QED) is 0.812. The number of aromatic nitrogens is 1. The van der Waals surface area contributed by atoms with Crippen molar-refractivity contribution in [2.75, 3.05) is 31.1 Å². The summed E-state index contributed by atoms with van der Waals surface area (Å²) < 4.78 is 0. The van der Waals surface area contributed by atoms with Crippen LogP contribution < -0.4 is 9.88 Å². The van der Waals surface area contributed by atoms with Crippen molar-refractivity contribution in [1.82, 2.24) is 4.90 Å². The summed E-state index contributed by atoms with van der Waals surface area (Å²) >= 11 is 0. The molecule has 4 heteroatoms. The number of rotatable bonds is 2. The number of carbonyl (C=O) groups is 1. The first-order valence-electron chi connectivity index (χ1n) is 7.41. The number of likely N-dealkylation sites (tertiary alicyclic amines) is 1. The molecule has 0 unspecified atom stereocenters. The van der Waals surface area contributed by atoms with Crippen molar-refractivity contribution < 1.29 is 9.78 Å². The van der Waals surface area contributed by atoms with Gasteiger partial charge in [-0.3, -0.25) is 9.69 Å². The van der Waals surface area contributed by atoms with E-state index < -0.39 is 0 Å². The van der Waals surface area contributed by atoms with Crippen LogP contribution in [0.5, 0.6) is 0 Å². The highest BCUT2D eigenvalue weighted by Gasteiger charge is 2.29. The summed E-state index contributed by atoms with van der Waals surface area (Å²) in [6.45, 7) is 3.93. The minimum Gasteiger partial charge on any atom is -0.338 e. The van der Waals surface area contributed by atoms with Crippen LogP contribution in [-0.4, -0.2) is 37.0 Å². The van der Waals surface area contributed by atoms with E-state index in [1.54, 1.807) is 0 Å². The fraction of sp³-hybridized carbons (Fsp3) is 0.600. The number of carbonyl (C=O) groups excluding carboxylic acids is 1. The molecule has 2 saturated heterocycles. The maximum absolute atomic E-state index is 12.7. The molecular formula is C15H22N3O+. The van der Waals surface area contributed by atoms with Gasteiger partial charge in [0.25, 0.3) is 11.7 Å². The average Bonchev–Trinajstić information content (AvgIpc) is 3.01. The van der Waals surface area contributed by atoms with Crippen molar-refractivity contribution in [2.45, 2.75) is 32.1 Å². The molecule has 3 rings (SSSR count). The van der Waals surface area contributed by atoms with E-state index in [2.05, 4.69) is 9.88 Å². The lowest BCUT2D eigenvalue weighted by molar-refractivity contribution is -0.364. The van der Waals surface area contributed by atoms with Crippen molar-refractivity contribution in [3.63, 3.8) is 0 Å². The third-order valence-electron chi connectivity index (χ3n) is 4.13. The zero-order valence-corrected chi connectivity index (χ0v) is 11.4. The number of pyridine rings is 1. The van der Waals surface area contributed by atoms with E-state index in [9.17, 15) is 4.79 Å². The summed E-state index contributed by atoms with van der Waals surface area (Å²) in [7, 11) is 0. The first-order chi connectivity index (χ1) is 9.36. The first kappa shape index (κ1) is 12.5. The van der Waals surface area contributed by atoms with Crippen molar-refractivity contribution in [2.24, 2.45) is 0 Å². The Bertz CT molecular complexity index is 448. The Kier molecular flexibility index (Phi) is 3.67. The maximum Gasteiger partial charge on any atom is 0.287 e. The van der Waals surface area contributed by atoms with Crippen LogP contribution in [0, 0.1) is 0 Å². The van der Waals surface area contributed by atoms with Crippen LogP contribution in [0.4, 0.5) is 5.82 Å². The van der Waals surface area contributed by atoms with Crippen LogP contribution in [-0.2, 0) is 0 Å². The van der Waals surface area contributed by atoms with Crippen LogP contribution in [0.3, 0.4) is 0 Å². The second-order valence-corrected chi connectivity index (χ2v) is 5.48. The van der Waals surface area contributed by atoms with Crippen LogP contribution in [0.25, 0.3) is 0 Å². The summed E-state index contributed by atoms with van der Waals surface area (Å²) in [6, 6.07) is 3.89. The molecule has 0 bridgehead atoms. The largest absolute Gasteiger partial charge is 0.338 e. The van der Waals surface area contributed by atoms with E-state index in [0.717, 1.165) is 50.4 Å². The molecule has 1 aromatic rings. The van der Waals surface area contributed by atoms with Crippen LogP contribution in [0.15, 0.2) is 18.3 Å². The van der Waals surface area contributed by atoms with Gasteiger partial charge in [-0.15, -0.1) is 0 Å². The fourth-order valence-corrected chi connectivity index (χ4v) is 3.07. The summed E-state index contributed by atoms with van der Waals surface area (Å²) in [5.74, 6) is 1.20. The number of amides is 1. The highest BCUT2D eigenvalue weighted by atomic mass is 16.2. The standard InChI is InChI=1S/C15H21N3O/c19-15(18-11-2-1-3-12-18)13-7-6-8-16-14(13)17-9-4-5-10-17/h6-8H,1-5,9-12H2/p+1. The highest BCUT2D eigenvalue weighted by molar-refractivity contribution is 5.98. The Labute approximate surface area is 114 Å². The predicted octanol–water partition coefficient (Wildman–Crippen LogP) is 1.73. The summed E-state index contributed by atoms with van der Waals surface area (Å²) in [4.78, 5) is 20.2. The summed E-state index contributed by atoms with van der Waals surface area (Å²) in [5, 5.41) is 0. The Balaban J connectivity index is 1.84. The number of nitrogens with zero attached hydrogens (tertiary/aromatic N) is 2. The number of hydrogen-bond acceptors (Lipinski definition) is 2. The van der Waals surface area contributed by atoms with E-state index in [0.29, 0.717) is 0 Å². The molecule has 0 saturated carbocycles. The van der Waals surface area contributed by atoms with E-state index in [1.807, 2.05) is 23.2 Å². The van der Waals surface area contributed by atoms with Crippen molar-refractivity contribution in [3.8, 4) is 0 Å². The van der Waals surface area contributed by atoms with Gasteiger partial charge in [0.05, 0.1) is 19.3 Å². The molecule has 0 spiro atoms. The molecular weight excluding hydrogens is 238 g/mol. The molecule has 4 nitrogen and oxygen atoms in total. The molecule has 0 aromatic carbocycles. The van der Waals surface area contributed by atoms with Gasteiger partial charge in [-0.1, -0.05) is 0 Å². The van der Waals surface area contributed by atoms with Gasteiger partial charge < -0.3 is 4.90 Å². The average molecular weight is 260 g/mol. The first-order valence-corrected chi connectivity index (χ1v) is 7.41. The molecule has 0 atom stereocenters. The molecule has 19 heavy (non-hydrogen) atoms. The van der Waals surface area contributed by atoms with E-state index in [1.165, 1.54) is 19.3 Å². The van der Waals surface area contributed by atoms with Gasteiger partial charge >= 0.3 is 0 Å². The van der Waals surface area contributed by atoms with E-state index >= 15 is 0 Å². The van der Waals surface area contributed by atoms with Gasteiger partial charge in [-0.2, -0.15) is 0 Å². The monoisotopic (exact) mass is 260 g/mol. The van der Waals surface area contributed by atoms with E-state index in [4.69, 9.17) is 0 Å². The number of H-pyrrole nitrogens is 1. The second kappa shape index (κ2) is 5.59. The van der Waals surface area contributed by atoms with Crippen molar-refractivity contribution in [1.29, 1.82) is 0 Å². The van der Waals surface area contributed by atoms with Crippen LogP contribution in [0.1, 0.15) is 42.5 Å². The van der Waals surface area contributed by atoms with Gasteiger partial charge in [-0.25, -0.2) is 4.98 Å². The molecule has 3 heterocycles. The second-order valence-electron chi connectivity index (χ2n) is 5.48. The Hall–Kier alpha value is -1.58. The molecule has 2 aliphatic rings. The molecule has 2 fully saturated rings. The molecule has 0 aliphatic carbocycles. The molecule has 1 aromatic heterocycles. The Morgan fingerprint density at radius 1 is 1.00 bits per heavy atom. The maximum atomic E-state index is 12.7. The number of hydrogen-bond donors (Lipinski definition) is 0. The minimum absolute atomic E-state index is 0.193. The Morgan fingerprint density at radius 3 is 2.42 bits per heavy atom.